The highest BCUT2D eigenvalue weighted by molar-refractivity contribution is 9.10. The average Bonchev–Trinajstić information content (AvgIpc) is 2.08. The molecular formula is C8H11BrN2O. The minimum Gasteiger partial charge on any atom is -0.508 e. The van der Waals surface area contributed by atoms with Crippen LogP contribution in [0.3, 0.4) is 0 Å². The third-order valence-corrected chi connectivity index (χ3v) is 2.36. The van der Waals surface area contributed by atoms with Crippen molar-refractivity contribution in [1.82, 2.24) is 0 Å². The molecular weight excluding hydrogens is 220 g/mol. The Bertz CT molecular complexity index is 278. The number of phenolic OH excluding ortho intramolecular Hbond substituents is 1. The predicted molar refractivity (Wildman–Crippen MR) is 51.8 cm³/mol. The van der Waals surface area contributed by atoms with Crippen molar-refractivity contribution < 1.29 is 5.11 Å². The molecule has 0 heterocycles. The van der Waals surface area contributed by atoms with E-state index in [0.717, 1.165) is 10.0 Å². The van der Waals surface area contributed by atoms with Crippen LogP contribution in [0.5, 0.6) is 5.75 Å². The van der Waals surface area contributed by atoms with Crippen LogP contribution in [0.2, 0.25) is 0 Å². The van der Waals surface area contributed by atoms with E-state index in [2.05, 4.69) is 15.9 Å². The lowest BCUT2D eigenvalue weighted by Gasteiger charge is -2.11. The quantitative estimate of drug-likeness (QED) is 0.713. The van der Waals surface area contributed by atoms with Gasteiger partial charge in [0.15, 0.2) is 0 Å². The van der Waals surface area contributed by atoms with Gasteiger partial charge < -0.3 is 16.6 Å². The van der Waals surface area contributed by atoms with Gasteiger partial charge in [0.2, 0.25) is 0 Å². The first kappa shape index (κ1) is 9.51. The van der Waals surface area contributed by atoms with E-state index in [0.29, 0.717) is 6.54 Å². The van der Waals surface area contributed by atoms with Crippen molar-refractivity contribution in [3.63, 3.8) is 0 Å². The van der Waals surface area contributed by atoms with Crippen LogP contribution >= 0.6 is 15.9 Å². The van der Waals surface area contributed by atoms with E-state index in [4.69, 9.17) is 16.6 Å². The number of hydrogen-bond acceptors (Lipinski definition) is 3. The Labute approximate surface area is 79.5 Å². The zero-order chi connectivity index (χ0) is 9.14. The molecule has 0 aromatic heterocycles. The molecule has 0 saturated heterocycles. The van der Waals surface area contributed by atoms with Gasteiger partial charge in [-0.3, -0.25) is 0 Å². The van der Waals surface area contributed by atoms with Gasteiger partial charge in [-0.2, -0.15) is 0 Å². The van der Waals surface area contributed by atoms with Crippen LogP contribution in [0.1, 0.15) is 11.6 Å². The summed E-state index contributed by atoms with van der Waals surface area (Å²) in [5, 5.41) is 9.16. The lowest BCUT2D eigenvalue weighted by atomic mass is 10.1. The number of nitrogens with two attached hydrogens (primary N) is 2. The van der Waals surface area contributed by atoms with Gasteiger partial charge in [-0.25, -0.2) is 0 Å². The van der Waals surface area contributed by atoms with Crippen molar-refractivity contribution in [2.45, 2.75) is 6.04 Å². The van der Waals surface area contributed by atoms with E-state index in [9.17, 15) is 0 Å². The summed E-state index contributed by atoms with van der Waals surface area (Å²) in [5.41, 5.74) is 11.9. The van der Waals surface area contributed by atoms with Gasteiger partial charge in [-0.1, -0.05) is 15.9 Å². The molecule has 5 N–H and O–H groups in total. The van der Waals surface area contributed by atoms with Crippen LogP contribution < -0.4 is 11.5 Å². The van der Waals surface area contributed by atoms with Gasteiger partial charge in [0.05, 0.1) is 0 Å². The van der Waals surface area contributed by atoms with Crippen molar-refractivity contribution in [2.75, 3.05) is 6.54 Å². The molecule has 0 aliphatic rings. The summed E-state index contributed by atoms with van der Waals surface area (Å²) in [5.74, 6) is 0.206. The van der Waals surface area contributed by atoms with Crippen LogP contribution in [-0.4, -0.2) is 11.7 Å². The fourth-order valence-corrected chi connectivity index (χ4v) is 1.48. The summed E-state index contributed by atoms with van der Waals surface area (Å²) in [6.45, 7) is 0.363. The van der Waals surface area contributed by atoms with E-state index in [1.807, 2.05) is 0 Å². The van der Waals surface area contributed by atoms with E-state index >= 15 is 0 Å². The minimum absolute atomic E-state index is 0.206. The smallest absolute Gasteiger partial charge is 0.115 e. The molecule has 0 aliphatic carbocycles. The molecule has 0 aliphatic heterocycles. The van der Waals surface area contributed by atoms with Gasteiger partial charge in [0, 0.05) is 17.1 Å². The second-order valence-electron chi connectivity index (χ2n) is 2.55. The number of hydrogen-bond donors (Lipinski definition) is 3. The summed E-state index contributed by atoms with van der Waals surface area (Å²) in [6.07, 6.45) is 0. The summed E-state index contributed by atoms with van der Waals surface area (Å²) >= 11 is 3.33. The standard InChI is InChI=1S/C8H11BrN2O/c9-7-2-1-5(12)3-6(7)8(11)4-10/h1-3,8,12H,4,10-11H2/t8-/m1/s1. The molecule has 0 amide bonds. The van der Waals surface area contributed by atoms with Gasteiger partial charge in [-0.05, 0) is 23.8 Å². The van der Waals surface area contributed by atoms with Crippen LogP contribution in [0.15, 0.2) is 22.7 Å². The van der Waals surface area contributed by atoms with Crippen molar-refractivity contribution in [2.24, 2.45) is 11.5 Å². The van der Waals surface area contributed by atoms with Crippen LogP contribution in [0.25, 0.3) is 0 Å². The van der Waals surface area contributed by atoms with Gasteiger partial charge in [0.1, 0.15) is 5.75 Å². The van der Waals surface area contributed by atoms with Crippen LogP contribution in [-0.2, 0) is 0 Å². The Morgan fingerprint density at radius 1 is 1.50 bits per heavy atom. The molecule has 0 saturated carbocycles. The highest BCUT2D eigenvalue weighted by Crippen LogP contribution is 2.25. The molecule has 0 unspecified atom stereocenters. The first-order valence-electron chi connectivity index (χ1n) is 3.59. The van der Waals surface area contributed by atoms with E-state index in [1.54, 1.807) is 18.2 Å². The lowest BCUT2D eigenvalue weighted by molar-refractivity contribution is 0.473. The molecule has 1 aromatic rings. The second-order valence-corrected chi connectivity index (χ2v) is 3.40. The Balaban J connectivity index is 3.04. The van der Waals surface area contributed by atoms with Crippen molar-refractivity contribution in [3.8, 4) is 5.75 Å². The van der Waals surface area contributed by atoms with Gasteiger partial charge in [0.25, 0.3) is 0 Å². The molecule has 1 rings (SSSR count). The third-order valence-electron chi connectivity index (χ3n) is 1.63. The maximum Gasteiger partial charge on any atom is 0.115 e. The molecule has 0 spiro atoms. The monoisotopic (exact) mass is 230 g/mol. The molecule has 1 aromatic carbocycles. The lowest BCUT2D eigenvalue weighted by Crippen LogP contribution is -2.20. The minimum atomic E-state index is -0.230. The Morgan fingerprint density at radius 3 is 2.75 bits per heavy atom. The van der Waals surface area contributed by atoms with Crippen molar-refractivity contribution in [1.29, 1.82) is 0 Å². The molecule has 3 nitrogen and oxygen atoms in total. The first-order chi connectivity index (χ1) is 5.65. The van der Waals surface area contributed by atoms with E-state index < -0.39 is 0 Å². The SMILES string of the molecule is NC[C@@H](N)c1cc(O)ccc1Br. The zero-order valence-electron chi connectivity index (χ0n) is 6.50. The first-order valence-corrected chi connectivity index (χ1v) is 4.38. The van der Waals surface area contributed by atoms with Crippen LogP contribution in [0, 0.1) is 0 Å². The molecule has 0 bridgehead atoms. The van der Waals surface area contributed by atoms with Gasteiger partial charge >= 0.3 is 0 Å². The molecule has 0 fully saturated rings. The summed E-state index contributed by atoms with van der Waals surface area (Å²) < 4.78 is 0.873. The van der Waals surface area contributed by atoms with Crippen molar-refractivity contribution in [3.05, 3.63) is 28.2 Å². The fraction of sp³-hybridized carbons (Fsp3) is 0.250. The number of benzene rings is 1. The predicted octanol–water partition coefficient (Wildman–Crippen LogP) is 1.11. The highest BCUT2D eigenvalue weighted by atomic mass is 79.9. The fourth-order valence-electron chi connectivity index (χ4n) is 0.942. The van der Waals surface area contributed by atoms with Gasteiger partial charge in [-0.15, -0.1) is 0 Å². The highest BCUT2D eigenvalue weighted by Gasteiger charge is 2.08. The topological polar surface area (TPSA) is 72.3 Å². The maximum absolute atomic E-state index is 9.16. The molecule has 66 valence electrons. The van der Waals surface area contributed by atoms with Crippen molar-refractivity contribution >= 4 is 15.9 Å². The number of halogens is 1. The average molecular weight is 231 g/mol. The Morgan fingerprint density at radius 2 is 2.17 bits per heavy atom. The number of rotatable bonds is 2. The maximum atomic E-state index is 9.16. The third kappa shape index (κ3) is 1.97. The Kier molecular flexibility index (Phi) is 3.08. The number of phenols is 1. The molecule has 0 radical (unpaired) electrons. The molecule has 1 atom stereocenters. The molecule has 12 heavy (non-hydrogen) atoms. The number of aromatic hydroxyl groups is 1. The molecule has 4 heteroatoms. The Hall–Kier alpha value is -0.580. The van der Waals surface area contributed by atoms with E-state index in [1.165, 1.54) is 0 Å². The second kappa shape index (κ2) is 3.89. The van der Waals surface area contributed by atoms with E-state index in [-0.39, 0.29) is 11.8 Å². The zero-order valence-corrected chi connectivity index (χ0v) is 8.08. The summed E-state index contributed by atoms with van der Waals surface area (Å²) in [4.78, 5) is 0. The van der Waals surface area contributed by atoms with Crippen LogP contribution in [0.4, 0.5) is 0 Å². The largest absolute Gasteiger partial charge is 0.508 e. The normalized spacial score (nSPS) is 12.9. The summed E-state index contributed by atoms with van der Waals surface area (Å²) in [6, 6.07) is 4.73. The summed E-state index contributed by atoms with van der Waals surface area (Å²) in [7, 11) is 0.